The summed E-state index contributed by atoms with van der Waals surface area (Å²) in [5, 5.41) is 2.19. The van der Waals surface area contributed by atoms with Crippen LogP contribution in [0.1, 0.15) is 29.5 Å². The minimum atomic E-state index is -4.49. The highest BCUT2D eigenvalue weighted by molar-refractivity contribution is 6.00. The van der Waals surface area contributed by atoms with Crippen molar-refractivity contribution in [1.82, 2.24) is 15.1 Å². The van der Waals surface area contributed by atoms with Crippen LogP contribution < -0.4 is 5.32 Å². The van der Waals surface area contributed by atoms with Gasteiger partial charge in [0.15, 0.2) is 0 Å². The maximum absolute atomic E-state index is 13.6. The van der Waals surface area contributed by atoms with E-state index in [1.807, 2.05) is 83.8 Å². The Morgan fingerprint density at radius 1 is 0.795 bits per heavy atom. The summed E-state index contributed by atoms with van der Waals surface area (Å²) in [7, 11) is 0. The van der Waals surface area contributed by atoms with Gasteiger partial charge >= 0.3 is 6.18 Å². The number of fused-ring (bicyclic) bond motifs is 3. The molecule has 0 unspecified atom stereocenters. The highest BCUT2D eigenvalue weighted by Gasteiger charge is 2.49. The second-order valence-electron chi connectivity index (χ2n) is 10.3. The van der Waals surface area contributed by atoms with Gasteiger partial charge in [-0.2, -0.15) is 13.2 Å². The van der Waals surface area contributed by atoms with Crippen LogP contribution in [0.25, 0.3) is 11.1 Å². The molecule has 1 aliphatic heterocycles. The molecule has 1 fully saturated rings. The lowest BCUT2D eigenvalue weighted by atomic mass is 9.73. The molecule has 0 saturated carbocycles. The third kappa shape index (κ3) is 5.71. The average molecular weight is 536 g/mol. The van der Waals surface area contributed by atoms with Gasteiger partial charge in [-0.3, -0.25) is 14.5 Å². The van der Waals surface area contributed by atoms with E-state index < -0.39 is 24.0 Å². The number of carbonyl (C=O) groups is 2. The van der Waals surface area contributed by atoms with Gasteiger partial charge in [0.05, 0.1) is 6.42 Å². The molecule has 2 amide bonds. The van der Waals surface area contributed by atoms with E-state index in [4.69, 9.17) is 0 Å². The molecule has 5 nitrogen and oxygen atoms in total. The van der Waals surface area contributed by atoms with Gasteiger partial charge in [0.2, 0.25) is 11.8 Å². The van der Waals surface area contributed by atoms with Gasteiger partial charge in [-0.25, -0.2) is 0 Å². The molecule has 39 heavy (non-hydrogen) atoms. The van der Waals surface area contributed by atoms with Gasteiger partial charge in [-0.05, 0) is 47.2 Å². The summed E-state index contributed by atoms with van der Waals surface area (Å²) in [6.07, 6.45) is -3.10. The Kier molecular flexibility index (Phi) is 7.75. The van der Waals surface area contributed by atoms with Gasteiger partial charge in [0.25, 0.3) is 0 Å². The first-order chi connectivity index (χ1) is 18.8. The zero-order valence-corrected chi connectivity index (χ0v) is 21.7. The Hall–Kier alpha value is -3.65. The zero-order valence-electron chi connectivity index (χ0n) is 21.7. The van der Waals surface area contributed by atoms with Gasteiger partial charge < -0.3 is 10.2 Å². The number of alkyl halides is 3. The molecule has 1 heterocycles. The number of hydrogen-bond donors (Lipinski definition) is 1. The van der Waals surface area contributed by atoms with Crippen molar-refractivity contribution in [2.45, 2.75) is 30.9 Å². The van der Waals surface area contributed by atoms with E-state index >= 15 is 0 Å². The number of halogens is 3. The Morgan fingerprint density at radius 2 is 1.36 bits per heavy atom. The number of rotatable bonds is 8. The molecule has 3 aromatic rings. The van der Waals surface area contributed by atoms with Crippen molar-refractivity contribution in [3.63, 3.8) is 0 Å². The first-order valence-corrected chi connectivity index (χ1v) is 13.4. The van der Waals surface area contributed by atoms with E-state index in [2.05, 4.69) is 10.2 Å². The van der Waals surface area contributed by atoms with Crippen LogP contribution in [-0.2, 0) is 21.4 Å². The molecule has 5 rings (SSSR count). The Balaban J connectivity index is 1.27. The average Bonchev–Trinajstić information content (AvgIpc) is 3.23. The molecular weight excluding hydrogens is 503 g/mol. The van der Waals surface area contributed by atoms with Crippen molar-refractivity contribution >= 4 is 11.8 Å². The molecule has 1 aliphatic carbocycles. The fraction of sp³-hybridized carbons (Fsp3) is 0.355. The van der Waals surface area contributed by atoms with Crippen molar-refractivity contribution < 1.29 is 22.8 Å². The number of carbonyl (C=O) groups excluding carboxylic acids is 2. The van der Waals surface area contributed by atoms with Crippen molar-refractivity contribution in [1.29, 1.82) is 0 Å². The number of nitrogens with one attached hydrogen (secondary N) is 1. The monoisotopic (exact) mass is 535 g/mol. The van der Waals surface area contributed by atoms with E-state index in [0.29, 0.717) is 38.9 Å². The summed E-state index contributed by atoms with van der Waals surface area (Å²) in [4.78, 5) is 30.5. The van der Waals surface area contributed by atoms with Crippen LogP contribution in [0.3, 0.4) is 0 Å². The first-order valence-electron chi connectivity index (χ1n) is 13.4. The standard InChI is InChI=1S/C31H32F3N3O2/c32-31(33,34)22-35-29(39)30(26-13-6-4-11-24(26)25-12-5-7-14-27(25)30)15-8-16-36-17-19-37(20-18-36)28(38)21-23-9-2-1-3-10-23/h1-7,9-14H,8,15-22H2,(H,35,39). The topological polar surface area (TPSA) is 52.7 Å². The Morgan fingerprint density at radius 3 is 1.95 bits per heavy atom. The van der Waals surface area contributed by atoms with Gasteiger partial charge in [-0.1, -0.05) is 78.9 Å². The summed E-state index contributed by atoms with van der Waals surface area (Å²) >= 11 is 0. The predicted molar refractivity (Wildman–Crippen MR) is 144 cm³/mol. The molecule has 204 valence electrons. The quantitative estimate of drug-likeness (QED) is 0.451. The number of nitrogens with zero attached hydrogens (tertiary/aromatic N) is 2. The van der Waals surface area contributed by atoms with Crippen LogP contribution in [0.15, 0.2) is 78.9 Å². The number of piperazine rings is 1. The Labute approximate surface area is 226 Å². The number of benzene rings is 3. The second-order valence-corrected chi connectivity index (χ2v) is 10.3. The molecule has 0 bridgehead atoms. The lowest BCUT2D eigenvalue weighted by Gasteiger charge is -2.36. The van der Waals surface area contributed by atoms with Crippen LogP contribution in [0.2, 0.25) is 0 Å². The van der Waals surface area contributed by atoms with E-state index in [1.54, 1.807) is 0 Å². The molecule has 0 aromatic heterocycles. The van der Waals surface area contributed by atoms with Crippen molar-refractivity contribution in [2.24, 2.45) is 0 Å². The molecule has 0 radical (unpaired) electrons. The third-order valence-electron chi connectivity index (χ3n) is 7.85. The molecule has 1 N–H and O–H groups in total. The van der Waals surface area contributed by atoms with E-state index in [9.17, 15) is 22.8 Å². The molecule has 8 heteroatoms. The van der Waals surface area contributed by atoms with Crippen LogP contribution >= 0.6 is 0 Å². The number of amides is 2. The summed E-state index contributed by atoms with van der Waals surface area (Å²) in [6, 6.07) is 24.7. The van der Waals surface area contributed by atoms with E-state index in [0.717, 1.165) is 40.9 Å². The minimum absolute atomic E-state index is 0.111. The molecule has 0 atom stereocenters. The third-order valence-corrected chi connectivity index (χ3v) is 7.85. The highest BCUT2D eigenvalue weighted by atomic mass is 19.4. The predicted octanol–water partition coefficient (Wildman–Crippen LogP) is 4.80. The van der Waals surface area contributed by atoms with Gasteiger partial charge in [0, 0.05) is 26.2 Å². The van der Waals surface area contributed by atoms with Crippen molar-refractivity contribution in [2.75, 3.05) is 39.3 Å². The maximum Gasteiger partial charge on any atom is 0.405 e. The van der Waals surface area contributed by atoms with Crippen molar-refractivity contribution in [3.8, 4) is 11.1 Å². The maximum atomic E-state index is 13.6. The molecule has 0 spiro atoms. The SMILES string of the molecule is O=C(Cc1ccccc1)N1CCN(CCCC2(C(=O)NCC(F)(F)F)c3ccccc3-c3ccccc32)CC1. The second kappa shape index (κ2) is 11.2. The smallest absolute Gasteiger partial charge is 0.346 e. The summed E-state index contributed by atoms with van der Waals surface area (Å²) in [6.45, 7) is 2.04. The summed E-state index contributed by atoms with van der Waals surface area (Å²) in [5.74, 6) is -0.506. The van der Waals surface area contributed by atoms with Crippen LogP contribution in [0.5, 0.6) is 0 Å². The summed E-state index contributed by atoms with van der Waals surface area (Å²) < 4.78 is 39.2. The lowest BCUT2D eigenvalue weighted by molar-refractivity contribution is -0.141. The Bertz CT molecular complexity index is 1270. The summed E-state index contributed by atoms with van der Waals surface area (Å²) in [5.41, 5.74) is 3.09. The normalized spacial score (nSPS) is 16.4. The van der Waals surface area contributed by atoms with Gasteiger partial charge in [-0.15, -0.1) is 0 Å². The van der Waals surface area contributed by atoms with Crippen molar-refractivity contribution in [3.05, 3.63) is 95.6 Å². The van der Waals surface area contributed by atoms with E-state index in [-0.39, 0.29) is 5.91 Å². The molecule has 3 aromatic carbocycles. The largest absolute Gasteiger partial charge is 0.405 e. The fourth-order valence-corrected chi connectivity index (χ4v) is 5.96. The molecule has 2 aliphatic rings. The minimum Gasteiger partial charge on any atom is -0.346 e. The first kappa shape index (κ1) is 26.9. The van der Waals surface area contributed by atoms with E-state index in [1.165, 1.54) is 0 Å². The lowest BCUT2D eigenvalue weighted by Crippen LogP contribution is -2.50. The molecule has 1 saturated heterocycles. The highest BCUT2D eigenvalue weighted by Crippen LogP contribution is 2.51. The fourth-order valence-electron chi connectivity index (χ4n) is 5.96. The zero-order chi connectivity index (χ0) is 27.5. The van der Waals surface area contributed by atoms with Crippen LogP contribution in [0, 0.1) is 0 Å². The van der Waals surface area contributed by atoms with Gasteiger partial charge in [0.1, 0.15) is 12.0 Å². The van der Waals surface area contributed by atoms with Crippen LogP contribution in [0.4, 0.5) is 13.2 Å². The molecular formula is C31H32F3N3O2. The van der Waals surface area contributed by atoms with Crippen LogP contribution in [-0.4, -0.2) is 67.1 Å². The number of hydrogen-bond acceptors (Lipinski definition) is 3.